The summed E-state index contributed by atoms with van der Waals surface area (Å²) in [5.74, 6) is 0.0391. The van der Waals surface area contributed by atoms with Crippen LogP contribution in [-0.4, -0.2) is 67.0 Å². The molecular weight excluding hydrogens is 478 g/mol. The molecule has 0 N–H and O–H groups in total. The smallest absolute Gasteiger partial charge is 0.259 e. The fourth-order valence-corrected chi connectivity index (χ4v) is 7.18. The van der Waals surface area contributed by atoms with Crippen molar-refractivity contribution in [1.82, 2.24) is 13.8 Å². The third-order valence-corrected chi connectivity index (χ3v) is 9.58. The van der Waals surface area contributed by atoms with Crippen molar-refractivity contribution in [2.24, 2.45) is 13.0 Å². The first-order chi connectivity index (χ1) is 17.3. The second-order valence-electron chi connectivity index (χ2n) is 10.3. The number of carbonyl (C=O) groups excluding carboxylic acids is 1. The number of rotatable bonds is 7. The molecule has 2 saturated heterocycles. The van der Waals surface area contributed by atoms with E-state index in [2.05, 4.69) is 12.2 Å². The number of carbonyl (C=O) groups is 1. The Balaban J connectivity index is 1.51. The third-order valence-electron chi connectivity index (χ3n) is 7.68. The Morgan fingerprint density at radius 1 is 1.11 bits per heavy atom. The SMILES string of the molecule is Cn1cc(C(=O)N(C[C@H]2CC=CCC2)C[C@@H]2CCCO2)c(=O)c2cc(S(=O)(=O)N3CCCC3)ccc21. The molecule has 36 heavy (non-hydrogen) atoms. The highest BCUT2D eigenvalue weighted by molar-refractivity contribution is 7.89. The lowest BCUT2D eigenvalue weighted by molar-refractivity contribution is 0.0482. The van der Waals surface area contributed by atoms with E-state index < -0.39 is 15.5 Å². The van der Waals surface area contributed by atoms with Gasteiger partial charge >= 0.3 is 0 Å². The van der Waals surface area contributed by atoms with Gasteiger partial charge in [0.15, 0.2) is 0 Å². The molecule has 2 aliphatic heterocycles. The molecule has 0 radical (unpaired) electrons. The zero-order chi connectivity index (χ0) is 25.3. The maximum atomic E-state index is 13.8. The summed E-state index contributed by atoms with van der Waals surface area (Å²) in [6.07, 6.45) is 12.4. The Hall–Kier alpha value is -2.49. The average molecular weight is 514 g/mol. The molecule has 2 atom stereocenters. The predicted molar refractivity (Wildman–Crippen MR) is 139 cm³/mol. The Bertz CT molecular complexity index is 1320. The van der Waals surface area contributed by atoms with Crippen molar-refractivity contribution in [3.63, 3.8) is 0 Å². The van der Waals surface area contributed by atoms with Gasteiger partial charge in [-0.15, -0.1) is 0 Å². The highest BCUT2D eigenvalue weighted by Gasteiger charge is 2.30. The standard InChI is InChI=1S/C27H35N3O5S/c1-28-19-24(27(32)29(18-21-10-7-15-35-21)17-20-8-3-2-4-9-20)26(31)23-16-22(11-12-25(23)28)36(33,34)30-13-5-6-14-30/h2-3,11-12,16,19-21H,4-10,13-15,17-18H2,1H3/t20-,21-/m0/s1. The quantitative estimate of drug-likeness (QED) is 0.530. The minimum absolute atomic E-state index is 0.0189. The molecule has 0 saturated carbocycles. The highest BCUT2D eigenvalue weighted by atomic mass is 32.2. The van der Waals surface area contributed by atoms with Gasteiger partial charge in [0.05, 0.1) is 16.5 Å². The number of ether oxygens (including phenoxy) is 1. The molecular formula is C27H35N3O5S. The molecule has 3 aliphatic rings. The largest absolute Gasteiger partial charge is 0.376 e. The van der Waals surface area contributed by atoms with Gasteiger partial charge in [0.1, 0.15) is 5.56 Å². The molecule has 9 heteroatoms. The van der Waals surface area contributed by atoms with Gasteiger partial charge in [0, 0.05) is 51.4 Å². The molecule has 2 aromatic rings. The lowest BCUT2D eigenvalue weighted by atomic mass is 9.93. The molecule has 0 spiro atoms. The van der Waals surface area contributed by atoms with Crippen molar-refractivity contribution < 1.29 is 17.9 Å². The van der Waals surface area contributed by atoms with Crippen molar-refractivity contribution in [2.45, 2.75) is 55.9 Å². The van der Waals surface area contributed by atoms with Crippen LogP contribution < -0.4 is 5.43 Å². The van der Waals surface area contributed by atoms with Gasteiger partial charge in [0.2, 0.25) is 15.5 Å². The molecule has 0 unspecified atom stereocenters. The molecule has 5 rings (SSSR count). The normalized spacial score (nSPS) is 22.9. The van der Waals surface area contributed by atoms with E-state index in [9.17, 15) is 18.0 Å². The molecule has 3 heterocycles. The summed E-state index contributed by atoms with van der Waals surface area (Å²) >= 11 is 0. The van der Waals surface area contributed by atoms with E-state index in [1.54, 1.807) is 34.8 Å². The molecule has 0 bridgehead atoms. The van der Waals surface area contributed by atoms with Crippen LogP contribution in [-0.2, 0) is 21.8 Å². The van der Waals surface area contributed by atoms with Crippen molar-refractivity contribution in [3.8, 4) is 0 Å². The summed E-state index contributed by atoms with van der Waals surface area (Å²) in [5, 5.41) is 0.251. The predicted octanol–water partition coefficient (Wildman–Crippen LogP) is 3.30. The van der Waals surface area contributed by atoms with E-state index in [4.69, 9.17) is 4.74 Å². The number of benzene rings is 1. The molecule has 1 aliphatic carbocycles. The van der Waals surface area contributed by atoms with Crippen molar-refractivity contribution >= 4 is 26.8 Å². The summed E-state index contributed by atoms with van der Waals surface area (Å²) in [6.45, 7) is 2.72. The number of sulfonamides is 1. The first-order valence-corrected chi connectivity index (χ1v) is 14.5. The Morgan fingerprint density at radius 2 is 1.92 bits per heavy atom. The van der Waals surface area contributed by atoms with Gasteiger partial charge in [-0.3, -0.25) is 9.59 Å². The number of nitrogens with zero attached hydrogens (tertiary/aromatic N) is 3. The Labute approximate surface area is 212 Å². The fourth-order valence-electron chi connectivity index (χ4n) is 5.64. The monoisotopic (exact) mass is 513 g/mol. The molecule has 2 fully saturated rings. The van der Waals surface area contributed by atoms with Gasteiger partial charge < -0.3 is 14.2 Å². The maximum absolute atomic E-state index is 13.8. The lowest BCUT2D eigenvalue weighted by Crippen LogP contribution is -2.42. The van der Waals surface area contributed by atoms with Crippen LogP contribution in [0.5, 0.6) is 0 Å². The minimum atomic E-state index is -3.68. The third kappa shape index (κ3) is 5.01. The number of hydrogen-bond acceptors (Lipinski definition) is 5. The van der Waals surface area contributed by atoms with Crippen LogP contribution in [0.3, 0.4) is 0 Å². The average Bonchev–Trinajstić information content (AvgIpc) is 3.61. The zero-order valence-corrected chi connectivity index (χ0v) is 21.7. The number of amides is 1. The fraction of sp³-hybridized carbons (Fsp3) is 0.556. The molecule has 8 nitrogen and oxygen atoms in total. The van der Waals surface area contributed by atoms with Crippen LogP contribution >= 0.6 is 0 Å². The second-order valence-corrected chi connectivity index (χ2v) is 12.2. The molecule has 1 aromatic heterocycles. The Kier molecular flexibility index (Phi) is 7.32. The highest BCUT2D eigenvalue weighted by Crippen LogP contribution is 2.25. The summed E-state index contributed by atoms with van der Waals surface area (Å²) < 4.78 is 35.3. The van der Waals surface area contributed by atoms with Crippen LogP contribution in [0, 0.1) is 5.92 Å². The topological polar surface area (TPSA) is 88.9 Å². The van der Waals surface area contributed by atoms with Crippen LogP contribution in [0.2, 0.25) is 0 Å². The van der Waals surface area contributed by atoms with Crippen molar-refractivity contribution in [2.75, 3.05) is 32.8 Å². The van der Waals surface area contributed by atoms with Gasteiger partial charge in [-0.05, 0) is 69.1 Å². The second kappa shape index (κ2) is 10.5. The first-order valence-electron chi connectivity index (χ1n) is 13.0. The van der Waals surface area contributed by atoms with Crippen LogP contribution in [0.4, 0.5) is 0 Å². The van der Waals surface area contributed by atoms with Gasteiger partial charge in [-0.1, -0.05) is 12.2 Å². The summed E-state index contributed by atoms with van der Waals surface area (Å²) in [5.41, 5.74) is 0.248. The number of pyridine rings is 1. The van der Waals surface area contributed by atoms with E-state index in [0.29, 0.717) is 44.2 Å². The zero-order valence-electron chi connectivity index (χ0n) is 20.9. The molecule has 1 amide bonds. The van der Waals surface area contributed by atoms with Crippen LogP contribution in [0.25, 0.3) is 10.9 Å². The van der Waals surface area contributed by atoms with E-state index >= 15 is 0 Å². The van der Waals surface area contributed by atoms with E-state index in [-0.39, 0.29) is 27.9 Å². The number of hydrogen-bond donors (Lipinski definition) is 0. The summed E-state index contributed by atoms with van der Waals surface area (Å²) in [7, 11) is -1.90. The molecule has 1 aromatic carbocycles. The van der Waals surface area contributed by atoms with Gasteiger partial charge in [0.25, 0.3) is 5.91 Å². The van der Waals surface area contributed by atoms with E-state index in [1.807, 2.05) is 0 Å². The number of aryl methyl sites for hydroxylation is 1. The van der Waals surface area contributed by atoms with Crippen LogP contribution in [0.15, 0.2) is 46.2 Å². The maximum Gasteiger partial charge on any atom is 0.259 e. The number of allylic oxidation sites excluding steroid dienone is 2. The van der Waals surface area contributed by atoms with Crippen LogP contribution in [0.1, 0.15) is 55.3 Å². The molecule has 194 valence electrons. The van der Waals surface area contributed by atoms with Crippen molar-refractivity contribution in [3.05, 3.63) is 52.3 Å². The van der Waals surface area contributed by atoms with Gasteiger partial charge in [-0.2, -0.15) is 4.31 Å². The summed E-state index contributed by atoms with van der Waals surface area (Å²) in [4.78, 5) is 29.4. The van der Waals surface area contributed by atoms with E-state index in [0.717, 1.165) is 44.9 Å². The van der Waals surface area contributed by atoms with E-state index in [1.165, 1.54) is 10.4 Å². The van der Waals surface area contributed by atoms with Gasteiger partial charge in [-0.25, -0.2) is 8.42 Å². The summed E-state index contributed by atoms with van der Waals surface area (Å²) in [6, 6.07) is 4.65. The Morgan fingerprint density at radius 3 is 2.61 bits per heavy atom. The number of fused-ring (bicyclic) bond motifs is 1. The lowest BCUT2D eigenvalue weighted by Gasteiger charge is -2.30. The van der Waals surface area contributed by atoms with Crippen molar-refractivity contribution in [1.29, 1.82) is 0 Å². The first kappa shape index (κ1) is 25.2. The minimum Gasteiger partial charge on any atom is -0.376 e. The number of aromatic nitrogens is 1.